The van der Waals surface area contributed by atoms with Gasteiger partial charge in [0.15, 0.2) is 5.17 Å². The van der Waals surface area contributed by atoms with Gasteiger partial charge in [-0.05, 0) is 37.8 Å². The second-order valence-corrected chi connectivity index (χ2v) is 8.28. The summed E-state index contributed by atoms with van der Waals surface area (Å²) in [5, 5.41) is 6.29. The third-order valence-corrected chi connectivity index (χ3v) is 5.70. The molecule has 6 heteroatoms. The van der Waals surface area contributed by atoms with Crippen molar-refractivity contribution in [3.8, 4) is 5.75 Å². The van der Waals surface area contributed by atoms with Crippen LogP contribution in [-0.4, -0.2) is 34.7 Å². The van der Waals surface area contributed by atoms with E-state index in [-0.39, 0.29) is 17.6 Å². The summed E-state index contributed by atoms with van der Waals surface area (Å²) in [6.45, 7) is 7.90. The summed E-state index contributed by atoms with van der Waals surface area (Å²) in [4.78, 5) is 19.3. The van der Waals surface area contributed by atoms with Gasteiger partial charge in [-0.15, -0.1) is 0 Å². The highest BCUT2D eigenvalue weighted by atomic mass is 32.2. The van der Waals surface area contributed by atoms with Crippen molar-refractivity contribution >= 4 is 22.8 Å². The van der Waals surface area contributed by atoms with E-state index in [9.17, 15) is 4.79 Å². The van der Waals surface area contributed by atoms with Crippen LogP contribution in [0.25, 0.3) is 0 Å². The largest absolute Gasteiger partial charge is 0.487 e. The van der Waals surface area contributed by atoms with E-state index < -0.39 is 0 Å². The van der Waals surface area contributed by atoms with E-state index >= 15 is 0 Å². The number of carbonyl (C=O) groups excluding carboxylic acids is 1. The van der Waals surface area contributed by atoms with Gasteiger partial charge in [0, 0.05) is 24.2 Å². The molecule has 1 amide bonds. The van der Waals surface area contributed by atoms with Gasteiger partial charge < -0.3 is 15.0 Å². The maximum Gasteiger partial charge on any atom is 0.226 e. The number of ether oxygens (including phenoxy) is 1. The highest BCUT2D eigenvalue weighted by Crippen LogP contribution is 2.40. The molecule has 0 unspecified atom stereocenters. The SMILES string of the molecule is Cc1ccc2c(c1)OC(C)(C)C[C@H]2NC(=O)CC1=CSC2=NCCN12. The van der Waals surface area contributed by atoms with Crippen molar-refractivity contribution in [2.24, 2.45) is 4.99 Å². The van der Waals surface area contributed by atoms with Gasteiger partial charge in [0.1, 0.15) is 11.4 Å². The fourth-order valence-electron chi connectivity index (χ4n) is 3.61. The van der Waals surface area contributed by atoms with Crippen LogP contribution < -0.4 is 10.1 Å². The predicted octanol–water partition coefficient (Wildman–Crippen LogP) is 3.36. The summed E-state index contributed by atoms with van der Waals surface area (Å²) in [5.74, 6) is 0.931. The molecule has 3 aliphatic heterocycles. The van der Waals surface area contributed by atoms with Gasteiger partial charge in [0.05, 0.1) is 19.0 Å². The topological polar surface area (TPSA) is 53.9 Å². The normalized spacial score (nSPS) is 23.3. The maximum atomic E-state index is 12.7. The molecule has 3 heterocycles. The molecule has 1 N–H and O–H groups in total. The van der Waals surface area contributed by atoms with Crippen LogP contribution in [0.5, 0.6) is 5.75 Å². The number of hydrogen-bond donors (Lipinski definition) is 1. The van der Waals surface area contributed by atoms with E-state index in [0.29, 0.717) is 6.42 Å². The average molecular weight is 357 g/mol. The zero-order valence-corrected chi connectivity index (χ0v) is 15.7. The summed E-state index contributed by atoms with van der Waals surface area (Å²) in [6.07, 6.45) is 1.16. The molecule has 25 heavy (non-hydrogen) atoms. The molecule has 0 aromatic heterocycles. The van der Waals surface area contributed by atoms with Crippen LogP contribution in [0.15, 0.2) is 34.3 Å². The first-order chi connectivity index (χ1) is 11.9. The van der Waals surface area contributed by atoms with Gasteiger partial charge in [-0.25, -0.2) is 0 Å². The number of nitrogens with one attached hydrogen (secondary N) is 1. The number of benzene rings is 1. The van der Waals surface area contributed by atoms with Crippen LogP contribution in [0, 0.1) is 6.92 Å². The molecule has 5 nitrogen and oxygen atoms in total. The van der Waals surface area contributed by atoms with E-state index in [0.717, 1.165) is 47.3 Å². The summed E-state index contributed by atoms with van der Waals surface area (Å²) in [6, 6.07) is 6.18. The lowest BCUT2D eigenvalue weighted by Gasteiger charge is -2.38. The molecule has 3 aliphatic rings. The number of carbonyl (C=O) groups is 1. The summed E-state index contributed by atoms with van der Waals surface area (Å²) in [5.41, 5.74) is 2.98. The zero-order valence-electron chi connectivity index (χ0n) is 14.8. The van der Waals surface area contributed by atoms with Crippen molar-refractivity contribution < 1.29 is 9.53 Å². The van der Waals surface area contributed by atoms with Crippen LogP contribution in [-0.2, 0) is 4.79 Å². The number of thioether (sulfide) groups is 1. The fourth-order valence-corrected chi connectivity index (χ4v) is 4.57. The average Bonchev–Trinajstić information content (AvgIpc) is 3.10. The van der Waals surface area contributed by atoms with Gasteiger partial charge in [-0.2, -0.15) is 0 Å². The van der Waals surface area contributed by atoms with E-state index in [2.05, 4.69) is 54.2 Å². The minimum atomic E-state index is -0.296. The Kier molecular flexibility index (Phi) is 4.02. The van der Waals surface area contributed by atoms with E-state index in [1.807, 2.05) is 5.41 Å². The molecule has 0 aliphatic carbocycles. The Bertz CT molecular complexity index is 785. The molecule has 0 fully saturated rings. The second kappa shape index (κ2) is 6.09. The Morgan fingerprint density at radius 3 is 3.16 bits per heavy atom. The molecule has 132 valence electrons. The lowest BCUT2D eigenvalue weighted by Crippen LogP contribution is -2.41. The quantitative estimate of drug-likeness (QED) is 0.901. The number of aliphatic imine (C=N–C) groups is 1. The monoisotopic (exact) mass is 357 g/mol. The van der Waals surface area contributed by atoms with E-state index in [1.165, 1.54) is 0 Å². The van der Waals surface area contributed by atoms with Crippen LogP contribution in [0.1, 0.15) is 43.9 Å². The number of nitrogens with zero attached hydrogens (tertiary/aromatic N) is 2. The Morgan fingerprint density at radius 1 is 1.48 bits per heavy atom. The Balaban J connectivity index is 1.49. The molecule has 4 rings (SSSR count). The molecular weight excluding hydrogens is 334 g/mol. The molecule has 0 saturated heterocycles. The van der Waals surface area contributed by atoms with Crippen molar-refractivity contribution in [3.05, 3.63) is 40.4 Å². The third-order valence-electron chi connectivity index (χ3n) is 4.75. The van der Waals surface area contributed by atoms with Crippen molar-refractivity contribution in [1.29, 1.82) is 0 Å². The second-order valence-electron chi connectivity index (χ2n) is 7.45. The van der Waals surface area contributed by atoms with E-state index in [4.69, 9.17) is 4.74 Å². The van der Waals surface area contributed by atoms with Gasteiger partial charge in [-0.3, -0.25) is 9.79 Å². The lowest BCUT2D eigenvalue weighted by atomic mass is 9.89. The number of amides is 1. The fraction of sp³-hybridized carbons (Fsp3) is 0.474. The smallest absolute Gasteiger partial charge is 0.226 e. The van der Waals surface area contributed by atoms with Crippen LogP contribution >= 0.6 is 11.8 Å². The standard InChI is InChI=1S/C19H23N3O2S/c1-12-4-5-14-15(10-19(2,3)24-16(14)8-12)21-17(23)9-13-11-25-18-20-6-7-22(13)18/h4-5,8,11,15H,6-7,9-10H2,1-3H3,(H,21,23)/t15-/m1/s1. The summed E-state index contributed by atoms with van der Waals surface area (Å²) < 4.78 is 6.11. The van der Waals surface area contributed by atoms with Crippen molar-refractivity contribution in [2.75, 3.05) is 13.1 Å². The summed E-state index contributed by atoms with van der Waals surface area (Å²) in [7, 11) is 0. The summed E-state index contributed by atoms with van der Waals surface area (Å²) >= 11 is 1.61. The number of fused-ring (bicyclic) bond motifs is 2. The molecule has 1 aromatic rings. The number of amidine groups is 1. The number of aryl methyl sites for hydroxylation is 1. The predicted molar refractivity (Wildman–Crippen MR) is 101 cm³/mol. The van der Waals surface area contributed by atoms with E-state index in [1.54, 1.807) is 11.8 Å². The highest BCUT2D eigenvalue weighted by Gasteiger charge is 2.35. The van der Waals surface area contributed by atoms with Crippen LogP contribution in [0.4, 0.5) is 0 Å². The van der Waals surface area contributed by atoms with Gasteiger partial charge in [0.25, 0.3) is 0 Å². The van der Waals surface area contributed by atoms with Gasteiger partial charge in [-0.1, -0.05) is 23.9 Å². The minimum absolute atomic E-state index is 0.0202. The molecule has 1 atom stereocenters. The Morgan fingerprint density at radius 2 is 2.32 bits per heavy atom. The first-order valence-corrected chi connectivity index (χ1v) is 9.56. The number of hydrogen-bond acceptors (Lipinski definition) is 5. The zero-order chi connectivity index (χ0) is 17.6. The first kappa shape index (κ1) is 16.5. The molecule has 0 saturated carbocycles. The number of rotatable bonds is 3. The third kappa shape index (κ3) is 3.27. The minimum Gasteiger partial charge on any atom is -0.487 e. The Labute approximate surface area is 152 Å². The lowest BCUT2D eigenvalue weighted by molar-refractivity contribution is -0.121. The van der Waals surface area contributed by atoms with Gasteiger partial charge >= 0.3 is 0 Å². The van der Waals surface area contributed by atoms with Crippen molar-refractivity contribution in [1.82, 2.24) is 10.2 Å². The van der Waals surface area contributed by atoms with Crippen molar-refractivity contribution in [2.45, 2.75) is 45.3 Å². The molecule has 1 aromatic carbocycles. The Hall–Kier alpha value is -1.95. The van der Waals surface area contributed by atoms with Crippen molar-refractivity contribution in [3.63, 3.8) is 0 Å². The first-order valence-electron chi connectivity index (χ1n) is 8.68. The molecular formula is C19H23N3O2S. The van der Waals surface area contributed by atoms with Crippen LogP contribution in [0.2, 0.25) is 0 Å². The highest BCUT2D eigenvalue weighted by molar-refractivity contribution is 8.16. The van der Waals surface area contributed by atoms with Gasteiger partial charge in [0.2, 0.25) is 5.91 Å². The molecule has 0 radical (unpaired) electrons. The molecule has 0 bridgehead atoms. The maximum absolute atomic E-state index is 12.7. The van der Waals surface area contributed by atoms with Crippen LogP contribution in [0.3, 0.4) is 0 Å². The molecule has 0 spiro atoms.